The molecule has 1 aromatic rings. The summed E-state index contributed by atoms with van der Waals surface area (Å²) < 4.78 is 6.17. The van der Waals surface area contributed by atoms with E-state index in [2.05, 4.69) is 38.9 Å². The van der Waals surface area contributed by atoms with Gasteiger partial charge < -0.3 is 15.4 Å². The van der Waals surface area contributed by atoms with Crippen molar-refractivity contribution in [3.8, 4) is 0 Å². The van der Waals surface area contributed by atoms with Crippen molar-refractivity contribution in [2.45, 2.75) is 70.8 Å². The van der Waals surface area contributed by atoms with Gasteiger partial charge in [-0.25, -0.2) is 4.98 Å². The lowest BCUT2D eigenvalue weighted by Gasteiger charge is -2.33. The van der Waals surface area contributed by atoms with Crippen LogP contribution >= 0.6 is 0 Å². The molecular weight excluding hydrogens is 334 g/mol. The minimum atomic E-state index is -0.406. The highest BCUT2D eigenvalue weighted by Gasteiger charge is 2.35. The molecule has 2 aliphatic rings. The zero-order valence-electron chi connectivity index (χ0n) is 17.7. The molecule has 2 N–H and O–H groups in total. The maximum atomic E-state index is 6.31. The van der Waals surface area contributed by atoms with Crippen molar-refractivity contribution in [3.63, 3.8) is 0 Å². The molecule has 4 heteroatoms. The van der Waals surface area contributed by atoms with E-state index in [-0.39, 0.29) is 0 Å². The van der Waals surface area contributed by atoms with Crippen LogP contribution in [0.15, 0.2) is 18.2 Å². The van der Waals surface area contributed by atoms with Crippen molar-refractivity contribution in [1.82, 2.24) is 9.88 Å². The van der Waals surface area contributed by atoms with E-state index in [1.807, 2.05) is 12.1 Å². The molecule has 3 rings (SSSR count). The molecule has 0 amide bonds. The highest BCUT2D eigenvalue weighted by atomic mass is 16.5. The Labute approximate surface area is 165 Å². The molecule has 27 heavy (non-hydrogen) atoms. The van der Waals surface area contributed by atoms with Crippen LogP contribution in [-0.2, 0) is 10.3 Å². The van der Waals surface area contributed by atoms with E-state index in [9.17, 15) is 0 Å². The van der Waals surface area contributed by atoms with Crippen LogP contribution < -0.4 is 5.73 Å². The van der Waals surface area contributed by atoms with Crippen molar-refractivity contribution >= 4 is 11.3 Å². The summed E-state index contributed by atoms with van der Waals surface area (Å²) in [6, 6.07) is 4.02. The lowest BCUT2D eigenvalue weighted by atomic mass is 9.73. The van der Waals surface area contributed by atoms with Crippen LogP contribution in [0.4, 0.5) is 5.69 Å². The van der Waals surface area contributed by atoms with E-state index in [0.29, 0.717) is 5.41 Å². The average molecular weight is 372 g/mol. The van der Waals surface area contributed by atoms with Crippen LogP contribution in [0.2, 0.25) is 0 Å². The van der Waals surface area contributed by atoms with Gasteiger partial charge in [-0.2, -0.15) is 0 Å². The summed E-state index contributed by atoms with van der Waals surface area (Å²) in [5.74, 6) is 0. The van der Waals surface area contributed by atoms with Gasteiger partial charge in [0.05, 0.1) is 17.1 Å². The number of nitrogens with zero attached hydrogens (tertiary/aromatic N) is 2. The van der Waals surface area contributed by atoms with E-state index in [4.69, 9.17) is 15.5 Å². The fourth-order valence-electron chi connectivity index (χ4n) is 4.58. The Kier molecular flexibility index (Phi) is 6.27. The Balaban J connectivity index is 1.71. The predicted molar refractivity (Wildman–Crippen MR) is 114 cm³/mol. The number of rotatable bonds is 7. The van der Waals surface area contributed by atoms with Crippen LogP contribution in [0.1, 0.15) is 76.6 Å². The molecule has 150 valence electrons. The fraction of sp³-hybridized carbons (Fsp3) is 0.696. The molecule has 0 aromatic carbocycles. The van der Waals surface area contributed by atoms with Gasteiger partial charge >= 0.3 is 0 Å². The Morgan fingerprint density at radius 3 is 2.56 bits per heavy atom. The van der Waals surface area contributed by atoms with E-state index in [0.717, 1.165) is 43.1 Å². The van der Waals surface area contributed by atoms with Crippen molar-refractivity contribution in [2.24, 2.45) is 5.41 Å². The fourth-order valence-corrected chi connectivity index (χ4v) is 4.58. The molecular formula is C23H37N3O. The standard InChI is InChI=1S/C23H37N3O/c1-22(2,27-17-7-16-26(3)4)20-9-8-19(24)21(25-20)18-10-14-23(15-11-18)12-5-6-13-23/h8-10H,5-7,11-17,24H2,1-4H3. The first-order valence-electron chi connectivity index (χ1n) is 10.6. The quantitative estimate of drug-likeness (QED) is 0.686. The Hall–Kier alpha value is -1.39. The van der Waals surface area contributed by atoms with Crippen molar-refractivity contribution in [1.29, 1.82) is 0 Å². The molecule has 2 aliphatic carbocycles. The number of nitrogens with two attached hydrogens (primary N) is 1. The number of hydrogen-bond donors (Lipinski definition) is 1. The second-order valence-electron chi connectivity index (χ2n) is 9.29. The summed E-state index contributed by atoms with van der Waals surface area (Å²) in [6.07, 6.45) is 12.6. The number of aromatic nitrogens is 1. The first-order chi connectivity index (χ1) is 12.8. The SMILES string of the molecule is CN(C)CCCOC(C)(C)c1ccc(N)c(C2=CCC3(CCCC3)CC2)n1. The van der Waals surface area contributed by atoms with Gasteiger partial charge in [0.25, 0.3) is 0 Å². The molecule has 1 fully saturated rings. The van der Waals surface area contributed by atoms with Crippen molar-refractivity contribution < 1.29 is 4.74 Å². The number of anilines is 1. The number of hydrogen-bond acceptors (Lipinski definition) is 4. The third kappa shape index (κ3) is 4.91. The van der Waals surface area contributed by atoms with E-state index >= 15 is 0 Å². The van der Waals surface area contributed by atoms with E-state index in [1.165, 1.54) is 44.1 Å². The first-order valence-corrected chi connectivity index (χ1v) is 10.6. The molecule has 0 unspecified atom stereocenters. The zero-order chi connectivity index (χ0) is 19.5. The minimum absolute atomic E-state index is 0.406. The summed E-state index contributed by atoms with van der Waals surface area (Å²) in [4.78, 5) is 7.15. The van der Waals surface area contributed by atoms with Gasteiger partial charge in [-0.3, -0.25) is 0 Å². The van der Waals surface area contributed by atoms with Crippen LogP contribution in [0, 0.1) is 5.41 Å². The Morgan fingerprint density at radius 2 is 1.93 bits per heavy atom. The van der Waals surface area contributed by atoms with E-state index in [1.54, 1.807) is 0 Å². The largest absolute Gasteiger partial charge is 0.397 e. The van der Waals surface area contributed by atoms with Crippen LogP contribution in [0.3, 0.4) is 0 Å². The summed E-state index contributed by atoms with van der Waals surface area (Å²) in [5, 5.41) is 0. The van der Waals surface area contributed by atoms with Gasteiger partial charge in [-0.05, 0) is 96.1 Å². The van der Waals surface area contributed by atoms with Crippen LogP contribution in [0.25, 0.3) is 5.57 Å². The molecule has 0 saturated heterocycles. The molecule has 1 spiro atoms. The molecule has 0 radical (unpaired) electrons. The van der Waals surface area contributed by atoms with Gasteiger partial charge in [0, 0.05) is 6.61 Å². The topological polar surface area (TPSA) is 51.4 Å². The minimum Gasteiger partial charge on any atom is -0.397 e. The third-order valence-corrected chi connectivity index (χ3v) is 6.43. The summed E-state index contributed by atoms with van der Waals surface area (Å²) >= 11 is 0. The normalized spacial score (nSPS) is 19.7. The molecule has 0 atom stereocenters. The monoisotopic (exact) mass is 371 g/mol. The molecule has 4 nitrogen and oxygen atoms in total. The van der Waals surface area contributed by atoms with Crippen molar-refractivity contribution in [2.75, 3.05) is 33.0 Å². The first kappa shape index (κ1) is 20.3. The zero-order valence-corrected chi connectivity index (χ0v) is 17.7. The van der Waals surface area contributed by atoms with Gasteiger partial charge in [0.1, 0.15) is 5.60 Å². The highest BCUT2D eigenvalue weighted by Crippen LogP contribution is 2.49. The van der Waals surface area contributed by atoms with Crippen molar-refractivity contribution in [3.05, 3.63) is 29.6 Å². The molecule has 1 aromatic heterocycles. The second kappa shape index (κ2) is 8.32. The molecule has 1 heterocycles. The van der Waals surface area contributed by atoms with Crippen LogP contribution in [-0.4, -0.2) is 37.1 Å². The number of nitrogen functional groups attached to an aromatic ring is 1. The van der Waals surface area contributed by atoms with Gasteiger partial charge in [-0.1, -0.05) is 18.9 Å². The Bertz CT molecular complexity index is 672. The second-order valence-corrected chi connectivity index (χ2v) is 9.29. The lowest BCUT2D eigenvalue weighted by molar-refractivity contribution is -0.0274. The predicted octanol–water partition coefficient (Wildman–Crippen LogP) is 4.99. The smallest absolute Gasteiger partial charge is 0.104 e. The maximum Gasteiger partial charge on any atom is 0.104 e. The molecule has 0 aliphatic heterocycles. The summed E-state index contributed by atoms with van der Waals surface area (Å²) in [6.45, 7) is 5.98. The molecule has 1 saturated carbocycles. The summed E-state index contributed by atoms with van der Waals surface area (Å²) in [5.41, 5.74) is 10.5. The van der Waals surface area contributed by atoms with Gasteiger partial charge in [0.15, 0.2) is 0 Å². The van der Waals surface area contributed by atoms with Gasteiger partial charge in [0.2, 0.25) is 0 Å². The molecule has 0 bridgehead atoms. The number of allylic oxidation sites excluding steroid dienone is 2. The highest BCUT2D eigenvalue weighted by molar-refractivity contribution is 5.73. The average Bonchev–Trinajstić information content (AvgIpc) is 3.08. The van der Waals surface area contributed by atoms with E-state index < -0.39 is 5.60 Å². The maximum absolute atomic E-state index is 6.31. The third-order valence-electron chi connectivity index (χ3n) is 6.43. The lowest BCUT2D eigenvalue weighted by Crippen LogP contribution is -2.26. The summed E-state index contributed by atoms with van der Waals surface area (Å²) in [7, 11) is 4.18. The van der Waals surface area contributed by atoms with Crippen LogP contribution in [0.5, 0.6) is 0 Å². The van der Waals surface area contributed by atoms with Gasteiger partial charge in [-0.15, -0.1) is 0 Å². The number of pyridine rings is 1. The Morgan fingerprint density at radius 1 is 1.19 bits per heavy atom. The number of ether oxygens (including phenoxy) is 1.